The Morgan fingerprint density at radius 1 is 1.19 bits per heavy atom. The average Bonchev–Trinajstić information content (AvgIpc) is 3.26. The molecule has 1 amide bonds. The number of aliphatic hydroxyl groups excluding tert-OH is 1. The fourth-order valence-electron chi connectivity index (χ4n) is 3.76. The van der Waals surface area contributed by atoms with E-state index in [0.29, 0.717) is 15.8 Å². The summed E-state index contributed by atoms with van der Waals surface area (Å²) in [5, 5.41) is 10.2. The molecule has 0 aromatic heterocycles. The van der Waals surface area contributed by atoms with Crippen LogP contribution in [-0.2, 0) is 11.2 Å². The molecular formula is C24H29Cl3N2O3. The molecule has 3 rings (SSSR count). The molecule has 8 heteroatoms. The Kier molecular flexibility index (Phi) is 10.2. The Morgan fingerprint density at radius 3 is 2.56 bits per heavy atom. The van der Waals surface area contributed by atoms with E-state index < -0.39 is 0 Å². The summed E-state index contributed by atoms with van der Waals surface area (Å²) in [5.74, 6) is 0.593. The number of carbonyl (C=O) groups is 1. The lowest BCUT2D eigenvalue weighted by Crippen LogP contribution is -2.39. The smallest absolute Gasteiger partial charge is 0.227 e. The number of hydrogen-bond acceptors (Lipinski definition) is 4. The number of aliphatic hydroxyl groups is 1. The predicted octanol–water partition coefficient (Wildman–Crippen LogP) is 5.70. The lowest BCUT2D eigenvalue weighted by atomic mass is 10.0. The van der Waals surface area contributed by atoms with Gasteiger partial charge < -0.3 is 19.6 Å². The second-order valence-corrected chi connectivity index (χ2v) is 8.70. The van der Waals surface area contributed by atoms with Crippen LogP contribution in [-0.4, -0.2) is 54.1 Å². The Balaban J connectivity index is 0.00000363. The largest absolute Gasteiger partial charge is 0.509 e. The number of ether oxygens (including phenoxy) is 1. The molecule has 174 valence electrons. The van der Waals surface area contributed by atoms with Gasteiger partial charge in [-0.1, -0.05) is 48.0 Å². The number of amides is 1. The van der Waals surface area contributed by atoms with Gasteiger partial charge in [-0.15, -0.1) is 12.4 Å². The van der Waals surface area contributed by atoms with E-state index in [1.165, 1.54) is 12.8 Å². The summed E-state index contributed by atoms with van der Waals surface area (Å²) >= 11 is 12.1. The monoisotopic (exact) mass is 498 g/mol. The average molecular weight is 500 g/mol. The van der Waals surface area contributed by atoms with Crippen molar-refractivity contribution in [2.45, 2.75) is 25.3 Å². The molecular weight excluding hydrogens is 471 g/mol. The maximum Gasteiger partial charge on any atom is 0.227 e. The zero-order valence-electron chi connectivity index (χ0n) is 18.1. The lowest BCUT2D eigenvalue weighted by molar-refractivity contribution is -0.131. The van der Waals surface area contributed by atoms with E-state index in [4.69, 9.17) is 27.9 Å². The number of hydrogen-bond donors (Lipinski definition) is 1. The number of likely N-dealkylation sites (tertiary alicyclic amines) is 1. The first-order valence-corrected chi connectivity index (χ1v) is 11.1. The summed E-state index contributed by atoms with van der Waals surface area (Å²) in [6, 6.07) is 12.8. The summed E-state index contributed by atoms with van der Waals surface area (Å²) in [4.78, 5) is 17.3. The molecule has 1 fully saturated rings. The zero-order chi connectivity index (χ0) is 22.4. The topological polar surface area (TPSA) is 53.0 Å². The maximum absolute atomic E-state index is 13.2. The van der Waals surface area contributed by atoms with Gasteiger partial charge >= 0.3 is 0 Å². The van der Waals surface area contributed by atoms with Gasteiger partial charge in [0, 0.05) is 13.6 Å². The summed E-state index contributed by atoms with van der Waals surface area (Å²) in [5.41, 5.74) is 1.81. The highest BCUT2D eigenvalue weighted by atomic mass is 35.5. The minimum Gasteiger partial charge on any atom is -0.509 e. The first kappa shape index (κ1) is 26.3. The normalized spacial score (nSPS) is 14.5. The lowest BCUT2D eigenvalue weighted by Gasteiger charge is -2.32. The molecule has 1 atom stereocenters. The fraction of sp³-hybridized carbons (Fsp3) is 0.375. The third kappa shape index (κ3) is 7.31. The number of carbonyl (C=O) groups excluding carboxylic acids is 1. The van der Waals surface area contributed by atoms with E-state index >= 15 is 0 Å². The molecule has 0 bridgehead atoms. The summed E-state index contributed by atoms with van der Waals surface area (Å²) in [7, 11) is 1.84. The first-order valence-electron chi connectivity index (χ1n) is 10.3. The number of likely N-dealkylation sites (N-methyl/N-ethyl adjacent to an activating group) is 1. The van der Waals surface area contributed by atoms with Gasteiger partial charge in [0.1, 0.15) is 18.1 Å². The van der Waals surface area contributed by atoms with Gasteiger partial charge in [0.05, 0.1) is 22.5 Å². The van der Waals surface area contributed by atoms with Crippen LogP contribution >= 0.6 is 35.6 Å². The summed E-state index contributed by atoms with van der Waals surface area (Å²) in [6.45, 7) is 6.30. The predicted molar refractivity (Wildman–Crippen MR) is 132 cm³/mol. The SMILES string of the molecule is C=C(O)COc1cccc(C(CN2CCCC2)N(C)C(=O)Cc2ccc(Cl)c(Cl)c2)c1.Cl. The van der Waals surface area contributed by atoms with Gasteiger partial charge in [0.15, 0.2) is 0 Å². The molecule has 32 heavy (non-hydrogen) atoms. The van der Waals surface area contributed by atoms with Crippen molar-refractivity contribution in [1.29, 1.82) is 0 Å². The molecule has 0 aliphatic carbocycles. The van der Waals surface area contributed by atoms with Gasteiger partial charge in [-0.25, -0.2) is 0 Å². The highest BCUT2D eigenvalue weighted by Gasteiger charge is 2.26. The molecule has 2 aromatic rings. The minimum atomic E-state index is -0.130. The number of benzene rings is 2. The second kappa shape index (κ2) is 12.4. The third-order valence-corrected chi connectivity index (χ3v) is 6.22. The quantitative estimate of drug-likeness (QED) is 0.449. The zero-order valence-corrected chi connectivity index (χ0v) is 20.4. The van der Waals surface area contributed by atoms with Crippen molar-refractivity contribution in [3.05, 3.63) is 76.0 Å². The molecule has 1 aliphatic rings. The Labute approximate surface area is 206 Å². The van der Waals surface area contributed by atoms with E-state index in [1.807, 2.05) is 37.4 Å². The van der Waals surface area contributed by atoms with Crippen LogP contribution in [0.2, 0.25) is 10.0 Å². The Morgan fingerprint density at radius 2 is 1.91 bits per heavy atom. The Bertz CT molecular complexity index is 932. The van der Waals surface area contributed by atoms with Crippen molar-refractivity contribution >= 4 is 41.5 Å². The van der Waals surface area contributed by atoms with Gasteiger partial charge in [-0.05, 0) is 61.3 Å². The summed E-state index contributed by atoms with van der Waals surface area (Å²) < 4.78 is 5.59. The van der Waals surface area contributed by atoms with Gasteiger partial charge in [-0.3, -0.25) is 4.79 Å². The van der Waals surface area contributed by atoms with Crippen LogP contribution in [0.1, 0.15) is 30.0 Å². The van der Waals surface area contributed by atoms with Crippen LogP contribution in [0.3, 0.4) is 0 Å². The van der Waals surface area contributed by atoms with E-state index in [1.54, 1.807) is 17.0 Å². The first-order chi connectivity index (χ1) is 14.8. The highest BCUT2D eigenvalue weighted by Crippen LogP contribution is 2.28. The molecule has 0 spiro atoms. The molecule has 1 heterocycles. The van der Waals surface area contributed by atoms with E-state index in [-0.39, 0.29) is 43.1 Å². The van der Waals surface area contributed by atoms with Gasteiger partial charge in [-0.2, -0.15) is 0 Å². The molecule has 1 saturated heterocycles. The van der Waals surface area contributed by atoms with Crippen LogP contribution in [0.15, 0.2) is 54.8 Å². The van der Waals surface area contributed by atoms with Crippen molar-refractivity contribution in [1.82, 2.24) is 9.80 Å². The van der Waals surface area contributed by atoms with E-state index in [0.717, 1.165) is 30.8 Å². The van der Waals surface area contributed by atoms with Crippen LogP contribution in [0.25, 0.3) is 0 Å². The second-order valence-electron chi connectivity index (χ2n) is 7.88. The van der Waals surface area contributed by atoms with Crippen LogP contribution in [0, 0.1) is 0 Å². The number of nitrogens with zero attached hydrogens (tertiary/aromatic N) is 2. The van der Waals surface area contributed by atoms with Crippen molar-refractivity contribution in [3.8, 4) is 5.75 Å². The van der Waals surface area contributed by atoms with Crippen molar-refractivity contribution < 1.29 is 14.6 Å². The molecule has 5 nitrogen and oxygen atoms in total. The molecule has 0 radical (unpaired) electrons. The van der Waals surface area contributed by atoms with E-state index in [9.17, 15) is 9.90 Å². The van der Waals surface area contributed by atoms with Crippen molar-refractivity contribution in [2.75, 3.05) is 33.3 Å². The van der Waals surface area contributed by atoms with Crippen molar-refractivity contribution in [2.24, 2.45) is 0 Å². The van der Waals surface area contributed by atoms with Crippen LogP contribution < -0.4 is 4.74 Å². The maximum atomic E-state index is 13.2. The molecule has 0 saturated carbocycles. The van der Waals surface area contributed by atoms with E-state index in [2.05, 4.69) is 11.5 Å². The molecule has 2 aromatic carbocycles. The fourth-order valence-corrected chi connectivity index (χ4v) is 4.08. The van der Waals surface area contributed by atoms with Crippen LogP contribution in [0.4, 0.5) is 0 Å². The molecule has 1 N–H and O–H groups in total. The van der Waals surface area contributed by atoms with Gasteiger partial charge in [0.2, 0.25) is 5.91 Å². The van der Waals surface area contributed by atoms with Crippen LogP contribution in [0.5, 0.6) is 5.75 Å². The number of rotatable bonds is 9. The molecule has 1 unspecified atom stereocenters. The third-order valence-electron chi connectivity index (χ3n) is 5.48. The summed E-state index contributed by atoms with van der Waals surface area (Å²) in [6.07, 6.45) is 2.59. The molecule has 1 aliphatic heterocycles. The minimum absolute atomic E-state index is 0. The standard InChI is InChI=1S/C24H28Cl2N2O3.ClH/c1-17(29)16-31-20-7-5-6-19(14-20)23(15-28-10-3-4-11-28)27(2)24(30)13-18-8-9-21(25)22(26)12-18;/h5-9,12,14,23,29H,1,3-4,10-11,13,15-16H2,2H3;1H. The van der Waals surface area contributed by atoms with Crippen molar-refractivity contribution in [3.63, 3.8) is 0 Å². The Hall–Kier alpha value is -1.92. The number of halogens is 3. The highest BCUT2D eigenvalue weighted by molar-refractivity contribution is 6.42. The van der Waals surface area contributed by atoms with Gasteiger partial charge in [0.25, 0.3) is 0 Å².